The lowest BCUT2D eigenvalue weighted by Crippen LogP contribution is -2.39. The van der Waals surface area contributed by atoms with E-state index in [4.69, 9.17) is 0 Å². The molecule has 1 aromatic carbocycles. The summed E-state index contributed by atoms with van der Waals surface area (Å²) in [7, 11) is 0. The number of carbonyl (C=O) groups excluding carboxylic acids is 1. The Bertz CT molecular complexity index is 744. The van der Waals surface area contributed by atoms with Crippen molar-refractivity contribution in [2.75, 3.05) is 24.5 Å². The lowest BCUT2D eigenvalue weighted by Gasteiger charge is -2.31. The molecule has 0 radical (unpaired) electrons. The number of alkyl halides is 3. The molecule has 0 bridgehead atoms. The van der Waals surface area contributed by atoms with Gasteiger partial charge in [0.2, 0.25) is 5.95 Å². The van der Waals surface area contributed by atoms with Gasteiger partial charge in [0.05, 0.1) is 5.56 Å². The molecule has 3 rings (SSSR count). The Kier molecular flexibility index (Phi) is 5.39. The number of hydrogen-bond donors (Lipinski definition) is 1. The van der Waals surface area contributed by atoms with Crippen LogP contribution in [0, 0.1) is 5.92 Å². The van der Waals surface area contributed by atoms with Gasteiger partial charge in [0.25, 0.3) is 5.91 Å². The molecular weight excluding hydrogens is 345 g/mol. The van der Waals surface area contributed by atoms with Crippen molar-refractivity contribution in [2.45, 2.75) is 19.0 Å². The number of benzene rings is 1. The van der Waals surface area contributed by atoms with E-state index in [1.54, 1.807) is 18.5 Å². The van der Waals surface area contributed by atoms with Crippen LogP contribution >= 0.6 is 0 Å². The summed E-state index contributed by atoms with van der Waals surface area (Å²) in [6.45, 7) is 2.01. The Labute approximate surface area is 149 Å². The molecule has 0 spiro atoms. The molecule has 1 amide bonds. The van der Waals surface area contributed by atoms with Crippen LogP contribution in [0.25, 0.3) is 0 Å². The standard InChI is InChI=1S/C18H19F3N4O/c19-18(20,21)15-4-1-3-14(11-15)16(26)24-12-13-5-9-25(10-6-13)17-22-7-2-8-23-17/h1-4,7-8,11,13H,5-6,9-10,12H2,(H,24,26). The third-order valence-electron chi connectivity index (χ3n) is 4.45. The minimum Gasteiger partial charge on any atom is -0.352 e. The van der Waals surface area contributed by atoms with Crippen molar-refractivity contribution in [1.29, 1.82) is 0 Å². The third kappa shape index (κ3) is 4.50. The zero-order valence-electron chi connectivity index (χ0n) is 14.0. The SMILES string of the molecule is O=C(NCC1CCN(c2ncccn2)CC1)c1cccc(C(F)(F)F)c1. The predicted molar refractivity (Wildman–Crippen MR) is 90.7 cm³/mol. The number of rotatable bonds is 4. The van der Waals surface area contributed by atoms with Crippen LogP contribution in [-0.2, 0) is 6.18 Å². The molecule has 5 nitrogen and oxygen atoms in total. The Balaban J connectivity index is 1.50. The Morgan fingerprint density at radius 2 is 1.85 bits per heavy atom. The van der Waals surface area contributed by atoms with Gasteiger partial charge in [-0.3, -0.25) is 4.79 Å². The number of hydrogen-bond acceptors (Lipinski definition) is 4. The van der Waals surface area contributed by atoms with Crippen molar-refractivity contribution in [2.24, 2.45) is 5.92 Å². The summed E-state index contributed by atoms with van der Waals surface area (Å²) in [5, 5.41) is 2.75. The average molecular weight is 364 g/mol. The molecule has 1 aliphatic heterocycles. The fraction of sp³-hybridized carbons (Fsp3) is 0.389. The first kappa shape index (κ1) is 18.2. The van der Waals surface area contributed by atoms with E-state index in [0.29, 0.717) is 12.5 Å². The number of piperidine rings is 1. The molecule has 138 valence electrons. The van der Waals surface area contributed by atoms with Crippen LogP contribution in [0.1, 0.15) is 28.8 Å². The molecular formula is C18H19F3N4O. The monoisotopic (exact) mass is 364 g/mol. The molecule has 1 aliphatic rings. The first-order valence-corrected chi connectivity index (χ1v) is 8.41. The molecule has 1 N–H and O–H groups in total. The maximum atomic E-state index is 12.7. The average Bonchev–Trinajstić information content (AvgIpc) is 2.66. The van der Waals surface area contributed by atoms with E-state index in [2.05, 4.69) is 20.2 Å². The molecule has 1 aromatic heterocycles. The second-order valence-electron chi connectivity index (χ2n) is 6.27. The van der Waals surface area contributed by atoms with Gasteiger partial charge in [-0.25, -0.2) is 9.97 Å². The molecule has 8 heteroatoms. The van der Waals surface area contributed by atoms with Gasteiger partial charge < -0.3 is 10.2 Å². The van der Waals surface area contributed by atoms with Crippen LogP contribution in [0.3, 0.4) is 0 Å². The predicted octanol–water partition coefficient (Wildman–Crippen LogP) is 3.14. The summed E-state index contributed by atoms with van der Waals surface area (Å²) < 4.78 is 38.2. The van der Waals surface area contributed by atoms with Gasteiger partial charge in [-0.05, 0) is 43.0 Å². The summed E-state index contributed by atoms with van der Waals surface area (Å²) in [4.78, 5) is 22.7. The molecule has 2 aromatic rings. The topological polar surface area (TPSA) is 58.1 Å². The van der Waals surface area contributed by atoms with Crippen molar-refractivity contribution in [3.63, 3.8) is 0 Å². The lowest BCUT2D eigenvalue weighted by atomic mass is 9.97. The van der Waals surface area contributed by atoms with Crippen LogP contribution in [0.2, 0.25) is 0 Å². The lowest BCUT2D eigenvalue weighted by molar-refractivity contribution is -0.137. The summed E-state index contributed by atoms with van der Waals surface area (Å²) in [6.07, 6.45) is 0.665. The van der Waals surface area contributed by atoms with Gasteiger partial charge in [-0.2, -0.15) is 13.2 Å². The van der Waals surface area contributed by atoms with Crippen LogP contribution in [0.5, 0.6) is 0 Å². The second-order valence-corrected chi connectivity index (χ2v) is 6.27. The summed E-state index contributed by atoms with van der Waals surface area (Å²) >= 11 is 0. The molecule has 2 heterocycles. The number of aromatic nitrogens is 2. The maximum absolute atomic E-state index is 12.7. The second kappa shape index (κ2) is 7.72. The highest BCUT2D eigenvalue weighted by Gasteiger charge is 2.31. The van der Waals surface area contributed by atoms with Crippen molar-refractivity contribution < 1.29 is 18.0 Å². The van der Waals surface area contributed by atoms with Gasteiger partial charge in [0.1, 0.15) is 0 Å². The molecule has 0 aliphatic carbocycles. The highest BCUT2D eigenvalue weighted by molar-refractivity contribution is 5.94. The van der Waals surface area contributed by atoms with Gasteiger partial charge >= 0.3 is 6.18 Å². The number of carbonyl (C=O) groups is 1. The van der Waals surface area contributed by atoms with E-state index in [1.807, 2.05) is 0 Å². The highest BCUT2D eigenvalue weighted by Crippen LogP contribution is 2.29. The highest BCUT2D eigenvalue weighted by atomic mass is 19.4. The number of anilines is 1. The Morgan fingerprint density at radius 3 is 2.50 bits per heavy atom. The largest absolute Gasteiger partial charge is 0.416 e. The van der Waals surface area contributed by atoms with E-state index in [9.17, 15) is 18.0 Å². The molecule has 0 saturated carbocycles. The smallest absolute Gasteiger partial charge is 0.352 e. The van der Waals surface area contributed by atoms with E-state index in [1.165, 1.54) is 12.1 Å². The fourth-order valence-electron chi connectivity index (χ4n) is 2.97. The molecule has 0 atom stereocenters. The van der Waals surface area contributed by atoms with E-state index < -0.39 is 17.6 Å². The van der Waals surface area contributed by atoms with Crippen LogP contribution in [-0.4, -0.2) is 35.5 Å². The quantitative estimate of drug-likeness (QED) is 0.906. The van der Waals surface area contributed by atoms with E-state index >= 15 is 0 Å². The Hall–Kier alpha value is -2.64. The van der Waals surface area contributed by atoms with Gasteiger partial charge in [-0.1, -0.05) is 6.07 Å². The normalized spacial score (nSPS) is 15.7. The van der Waals surface area contributed by atoms with Gasteiger partial charge in [-0.15, -0.1) is 0 Å². The van der Waals surface area contributed by atoms with Crippen LogP contribution in [0.4, 0.5) is 19.1 Å². The van der Waals surface area contributed by atoms with Crippen molar-refractivity contribution in [1.82, 2.24) is 15.3 Å². The van der Waals surface area contributed by atoms with Crippen molar-refractivity contribution in [3.8, 4) is 0 Å². The number of amides is 1. The molecule has 0 unspecified atom stereocenters. The third-order valence-corrected chi connectivity index (χ3v) is 4.45. The molecule has 1 saturated heterocycles. The minimum absolute atomic E-state index is 0.0231. The fourth-order valence-corrected chi connectivity index (χ4v) is 2.97. The zero-order valence-corrected chi connectivity index (χ0v) is 14.0. The van der Waals surface area contributed by atoms with Gasteiger partial charge in [0, 0.05) is 37.6 Å². The van der Waals surface area contributed by atoms with Crippen molar-refractivity contribution >= 4 is 11.9 Å². The van der Waals surface area contributed by atoms with Crippen LogP contribution in [0.15, 0.2) is 42.7 Å². The zero-order chi connectivity index (χ0) is 18.6. The van der Waals surface area contributed by atoms with Crippen molar-refractivity contribution in [3.05, 3.63) is 53.9 Å². The summed E-state index contributed by atoms with van der Waals surface area (Å²) in [5.41, 5.74) is -0.795. The van der Waals surface area contributed by atoms with E-state index in [-0.39, 0.29) is 11.5 Å². The first-order valence-electron chi connectivity index (χ1n) is 8.41. The molecule has 26 heavy (non-hydrogen) atoms. The molecule has 1 fully saturated rings. The first-order chi connectivity index (χ1) is 12.4. The number of halogens is 3. The summed E-state index contributed by atoms with van der Waals surface area (Å²) in [5.74, 6) is 0.494. The number of nitrogens with one attached hydrogen (secondary N) is 1. The van der Waals surface area contributed by atoms with Gasteiger partial charge in [0.15, 0.2) is 0 Å². The number of nitrogens with zero attached hydrogens (tertiary/aromatic N) is 3. The van der Waals surface area contributed by atoms with E-state index in [0.717, 1.165) is 38.1 Å². The minimum atomic E-state index is -4.46. The van der Waals surface area contributed by atoms with Crippen LogP contribution < -0.4 is 10.2 Å². The summed E-state index contributed by atoms with van der Waals surface area (Å²) in [6, 6.07) is 6.23. The Morgan fingerprint density at radius 1 is 1.15 bits per heavy atom. The maximum Gasteiger partial charge on any atom is 0.416 e.